The Labute approximate surface area is 193 Å². The summed E-state index contributed by atoms with van der Waals surface area (Å²) in [5.74, 6) is -1.38. The van der Waals surface area contributed by atoms with Crippen LogP contribution in [0.3, 0.4) is 0 Å². The van der Waals surface area contributed by atoms with Crippen molar-refractivity contribution in [3.63, 3.8) is 0 Å². The van der Waals surface area contributed by atoms with E-state index >= 15 is 0 Å². The second-order valence-electron chi connectivity index (χ2n) is 9.54. The van der Waals surface area contributed by atoms with E-state index in [1.165, 1.54) is 46.8 Å². The van der Waals surface area contributed by atoms with Crippen LogP contribution in [-0.4, -0.2) is 44.5 Å². The van der Waals surface area contributed by atoms with Crippen molar-refractivity contribution >= 4 is 30.3 Å². The summed E-state index contributed by atoms with van der Waals surface area (Å²) in [4.78, 5) is 25.7. The molecular weight excluding hydrogens is 497 g/mol. The number of nitriles is 1. The Morgan fingerprint density at radius 1 is 1.03 bits per heavy atom. The average molecular weight is 540 g/mol. The van der Waals surface area contributed by atoms with Gasteiger partial charge in [-0.1, -0.05) is 0 Å². The third kappa shape index (κ3) is 6.27. The van der Waals surface area contributed by atoms with Crippen molar-refractivity contribution in [2.24, 2.45) is 16.7 Å². The Hall–Kier alpha value is -1.03. The summed E-state index contributed by atoms with van der Waals surface area (Å²) in [5, 5.41) is 10.5. The van der Waals surface area contributed by atoms with Gasteiger partial charge in [-0.3, -0.25) is 0 Å². The van der Waals surface area contributed by atoms with Gasteiger partial charge in [0.25, 0.3) is 0 Å². The number of hydrogen-bond acceptors (Lipinski definition) is 5. The molecule has 0 spiro atoms. The first-order chi connectivity index (χ1) is 14.8. The van der Waals surface area contributed by atoms with Gasteiger partial charge in [-0.15, -0.1) is 0 Å². The molecule has 6 heteroatoms. The van der Waals surface area contributed by atoms with E-state index < -0.39 is 41.1 Å². The van der Waals surface area contributed by atoms with Crippen molar-refractivity contribution in [2.45, 2.75) is 89.9 Å². The SMILES string of the molecule is C=C[C@H]1CC(C(=O)OC)(C(=O)OC)C[C@]1(C#N)[CH2][Sn]([CH2]CCC)([CH2]CCC)[CH2]CCC. The Kier molecular flexibility index (Phi) is 11.6. The van der Waals surface area contributed by atoms with Gasteiger partial charge in [-0.25, -0.2) is 0 Å². The van der Waals surface area contributed by atoms with Crippen LogP contribution >= 0.6 is 0 Å². The van der Waals surface area contributed by atoms with E-state index in [0.29, 0.717) is 0 Å². The van der Waals surface area contributed by atoms with Crippen molar-refractivity contribution in [2.75, 3.05) is 14.2 Å². The second-order valence-corrected chi connectivity index (χ2v) is 23.4. The van der Waals surface area contributed by atoms with Crippen LogP contribution in [0.15, 0.2) is 12.7 Å². The van der Waals surface area contributed by atoms with Crippen molar-refractivity contribution in [3.05, 3.63) is 12.7 Å². The molecule has 0 saturated heterocycles. The van der Waals surface area contributed by atoms with Gasteiger partial charge >= 0.3 is 194 Å². The predicted molar refractivity (Wildman–Crippen MR) is 127 cm³/mol. The topological polar surface area (TPSA) is 76.4 Å². The van der Waals surface area contributed by atoms with Gasteiger partial charge in [0, 0.05) is 0 Å². The summed E-state index contributed by atoms with van der Waals surface area (Å²) in [6.07, 6.45) is 9.36. The van der Waals surface area contributed by atoms with Crippen molar-refractivity contribution in [3.8, 4) is 6.07 Å². The van der Waals surface area contributed by atoms with E-state index in [-0.39, 0.29) is 18.8 Å². The molecule has 31 heavy (non-hydrogen) atoms. The number of ether oxygens (including phenoxy) is 2. The van der Waals surface area contributed by atoms with Gasteiger partial charge in [0.1, 0.15) is 0 Å². The van der Waals surface area contributed by atoms with Gasteiger partial charge in [0.05, 0.1) is 0 Å². The third-order valence-corrected chi connectivity index (χ3v) is 23.5. The third-order valence-electron chi connectivity index (χ3n) is 7.43. The zero-order valence-corrected chi connectivity index (χ0v) is 23.3. The summed E-state index contributed by atoms with van der Waals surface area (Å²) < 4.78 is 14.8. The number of unbranched alkanes of at least 4 members (excludes halogenated alkanes) is 3. The standard InChI is InChI=1S/C13H16NO4.3C4H9.Sn/c1-5-9-6-13(10(15)17-3,11(16)18-4)7-12(9,2)8-14;3*1-3-4-2;/h5,9H,1-2,6-7H2,3-4H3;3*1,3-4H2,2H3;/t9-,12-;;;;/m0..../s1. The first-order valence-electron chi connectivity index (χ1n) is 12.0. The molecule has 0 N–H and O–H groups in total. The molecule has 1 rings (SSSR count). The molecule has 0 radical (unpaired) electrons. The van der Waals surface area contributed by atoms with Crippen molar-refractivity contribution in [1.82, 2.24) is 0 Å². The Bertz CT molecular complexity index is 619. The monoisotopic (exact) mass is 541 g/mol. The molecule has 0 unspecified atom stereocenters. The average Bonchev–Trinajstić information content (AvgIpc) is 3.14. The molecule has 0 aromatic heterocycles. The molecule has 0 aromatic rings. The Morgan fingerprint density at radius 2 is 1.48 bits per heavy atom. The molecular formula is C25H43NO4Sn. The van der Waals surface area contributed by atoms with E-state index in [9.17, 15) is 14.9 Å². The minimum absolute atomic E-state index is 0.190. The molecule has 176 valence electrons. The van der Waals surface area contributed by atoms with Crippen LogP contribution in [0.5, 0.6) is 0 Å². The molecule has 0 amide bonds. The molecule has 0 heterocycles. The normalized spacial score (nSPS) is 22.5. The van der Waals surface area contributed by atoms with Crippen LogP contribution in [0.4, 0.5) is 0 Å². The van der Waals surface area contributed by atoms with Crippen LogP contribution in [-0.2, 0) is 19.1 Å². The maximum atomic E-state index is 12.8. The van der Waals surface area contributed by atoms with Crippen molar-refractivity contribution < 1.29 is 19.1 Å². The number of rotatable bonds is 14. The number of methoxy groups -OCH3 is 2. The van der Waals surface area contributed by atoms with Gasteiger partial charge < -0.3 is 0 Å². The molecule has 0 aliphatic heterocycles. The molecule has 1 aliphatic rings. The second kappa shape index (κ2) is 12.9. The number of allylic oxidation sites excluding steroid dienone is 1. The number of hydrogen-bond donors (Lipinski definition) is 0. The minimum atomic E-state index is -2.74. The summed E-state index contributed by atoms with van der Waals surface area (Å²) >= 11 is -2.74. The fourth-order valence-corrected chi connectivity index (χ4v) is 24.0. The molecule has 1 aliphatic carbocycles. The molecule has 1 fully saturated rings. The zero-order chi connectivity index (χ0) is 23.5. The van der Waals surface area contributed by atoms with Gasteiger partial charge in [-0.2, -0.15) is 0 Å². The first-order valence-corrected chi connectivity index (χ1v) is 20.1. The molecule has 1 saturated carbocycles. The number of carbonyl (C=O) groups is 2. The van der Waals surface area contributed by atoms with Gasteiger partial charge in [-0.05, 0) is 0 Å². The molecule has 0 aromatic carbocycles. The van der Waals surface area contributed by atoms with E-state index in [4.69, 9.17) is 9.47 Å². The number of carbonyl (C=O) groups excluding carboxylic acids is 2. The Balaban J connectivity index is 3.50. The van der Waals surface area contributed by atoms with Gasteiger partial charge in [0.2, 0.25) is 0 Å². The maximum absolute atomic E-state index is 12.8. The van der Waals surface area contributed by atoms with Crippen LogP contribution in [0.2, 0.25) is 17.7 Å². The summed E-state index contributed by atoms with van der Waals surface area (Å²) in [6.45, 7) is 10.7. The number of nitrogens with zero attached hydrogens (tertiary/aromatic N) is 1. The van der Waals surface area contributed by atoms with Crippen molar-refractivity contribution in [1.29, 1.82) is 5.26 Å². The van der Waals surface area contributed by atoms with E-state index in [1.807, 2.05) is 0 Å². The fourth-order valence-electron chi connectivity index (χ4n) is 5.73. The van der Waals surface area contributed by atoms with Crippen LogP contribution in [0, 0.1) is 28.1 Å². The van der Waals surface area contributed by atoms with E-state index in [0.717, 1.165) is 23.7 Å². The van der Waals surface area contributed by atoms with Crippen LogP contribution in [0.25, 0.3) is 0 Å². The van der Waals surface area contributed by atoms with Crippen LogP contribution in [0.1, 0.15) is 72.1 Å². The Morgan fingerprint density at radius 3 is 1.81 bits per heavy atom. The first kappa shape index (κ1) is 28.0. The fraction of sp³-hybridized carbons (Fsp3) is 0.800. The van der Waals surface area contributed by atoms with E-state index in [2.05, 4.69) is 33.4 Å². The summed E-state index contributed by atoms with van der Waals surface area (Å²) in [6, 6.07) is 2.64. The predicted octanol–water partition coefficient (Wildman–Crippen LogP) is 6.27. The van der Waals surface area contributed by atoms with Crippen LogP contribution < -0.4 is 0 Å². The molecule has 0 bridgehead atoms. The zero-order valence-electron chi connectivity index (χ0n) is 20.4. The number of esters is 2. The molecule has 2 atom stereocenters. The quantitative estimate of drug-likeness (QED) is 0.112. The summed E-state index contributed by atoms with van der Waals surface area (Å²) in [7, 11) is 2.60. The van der Waals surface area contributed by atoms with Gasteiger partial charge in [0.15, 0.2) is 0 Å². The summed E-state index contributed by atoms with van der Waals surface area (Å²) in [5.41, 5.74) is -2.15. The molecule has 5 nitrogen and oxygen atoms in total. The van der Waals surface area contributed by atoms with E-state index in [1.54, 1.807) is 6.08 Å².